The van der Waals surface area contributed by atoms with Gasteiger partial charge in [0.25, 0.3) is 0 Å². The number of rotatable bonds is 2. The van der Waals surface area contributed by atoms with Crippen LogP contribution < -0.4 is 0 Å². The fourth-order valence-corrected chi connectivity index (χ4v) is 3.46. The molecule has 0 aliphatic rings. The predicted molar refractivity (Wildman–Crippen MR) is 62.7 cm³/mol. The third-order valence-corrected chi connectivity index (χ3v) is 5.62. The number of alkyl halides is 6. The molecular formula is C10H10F6N4Si. The van der Waals surface area contributed by atoms with Gasteiger partial charge in [0.2, 0.25) is 0 Å². The highest BCUT2D eigenvalue weighted by atomic mass is 28.3. The topological polar surface area (TPSA) is 35.6 Å². The average Bonchev–Trinajstić information content (AvgIpc) is 2.97. The molecule has 0 saturated carbocycles. The summed E-state index contributed by atoms with van der Waals surface area (Å²) in [6.45, 7) is 3.07. The maximum absolute atomic E-state index is 12.5. The van der Waals surface area contributed by atoms with Crippen LogP contribution in [0.5, 0.6) is 0 Å². The lowest BCUT2D eigenvalue weighted by Crippen LogP contribution is -2.46. The molecule has 2 aromatic rings. The molecule has 0 saturated heterocycles. The minimum atomic E-state index is -4.60. The van der Waals surface area contributed by atoms with E-state index in [9.17, 15) is 26.3 Å². The second kappa shape index (κ2) is 4.61. The van der Waals surface area contributed by atoms with E-state index in [-0.39, 0.29) is 0 Å². The molecule has 0 amide bonds. The lowest BCUT2D eigenvalue weighted by Gasteiger charge is -2.22. The highest BCUT2D eigenvalue weighted by Crippen LogP contribution is 2.29. The van der Waals surface area contributed by atoms with Gasteiger partial charge >= 0.3 is 20.7 Å². The first-order valence-corrected chi connectivity index (χ1v) is 8.58. The summed E-state index contributed by atoms with van der Waals surface area (Å²) in [6, 6.07) is 1.56. The maximum atomic E-state index is 12.5. The lowest BCUT2D eigenvalue weighted by molar-refractivity contribution is -0.142. The molecule has 21 heavy (non-hydrogen) atoms. The maximum Gasteiger partial charge on any atom is 0.435 e. The second-order valence-electron chi connectivity index (χ2n) is 4.78. The smallest absolute Gasteiger partial charge is 0.277 e. The Labute approximate surface area is 116 Å². The van der Waals surface area contributed by atoms with Crippen LogP contribution in [-0.4, -0.2) is 27.3 Å². The van der Waals surface area contributed by atoms with Crippen molar-refractivity contribution in [1.29, 1.82) is 0 Å². The monoisotopic (exact) mass is 328 g/mol. The van der Waals surface area contributed by atoms with Crippen LogP contribution in [-0.2, 0) is 12.4 Å². The fraction of sp³-hybridized carbons (Fsp3) is 0.400. The van der Waals surface area contributed by atoms with E-state index in [0.717, 1.165) is 33.2 Å². The zero-order valence-electron chi connectivity index (χ0n) is 10.9. The average molecular weight is 328 g/mol. The molecule has 0 aromatic carbocycles. The Morgan fingerprint density at radius 3 is 1.38 bits per heavy atom. The van der Waals surface area contributed by atoms with E-state index in [4.69, 9.17) is 0 Å². The second-order valence-corrected chi connectivity index (χ2v) is 8.69. The fourth-order valence-electron chi connectivity index (χ4n) is 1.66. The molecule has 4 nitrogen and oxygen atoms in total. The molecule has 0 bridgehead atoms. The number of aromatic nitrogens is 4. The largest absolute Gasteiger partial charge is 0.435 e. The van der Waals surface area contributed by atoms with Crippen LogP contribution in [0.2, 0.25) is 13.1 Å². The van der Waals surface area contributed by atoms with Crippen molar-refractivity contribution in [3.8, 4) is 0 Å². The summed E-state index contributed by atoms with van der Waals surface area (Å²) < 4.78 is 77.2. The van der Waals surface area contributed by atoms with Crippen molar-refractivity contribution in [2.24, 2.45) is 0 Å². The van der Waals surface area contributed by atoms with E-state index in [0.29, 0.717) is 0 Å². The number of halogens is 6. The Balaban J connectivity index is 2.38. The summed E-state index contributed by atoms with van der Waals surface area (Å²) >= 11 is 0. The van der Waals surface area contributed by atoms with Crippen molar-refractivity contribution in [3.63, 3.8) is 0 Å². The minimum absolute atomic E-state index is 0.781. The summed E-state index contributed by atoms with van der Waals surface area (Å²) in [6.07, 6.45) is -7.00. The highest BCUT2D eigenvalue weighted by molar-refractivity contribution is 6.73. The minimum Gasteiger partial charge on any atom is -0.277 e. The summed E-state index contributed by atoms with van der Waals surface area (Å²) in [5, 5.41) is 6.82. The summed E-state index contributed by atoms with van der Waals surface area (Å²) in [4.78, 5) is 0. The molecule has 11 heteroatoms. The van der Waals surface area contributed by atoms with Crippen molar-refractivity contribution in [2.45, 2.75) is 25.4 Å². The van der Waals surface area contributed by atoms with Crippen LogP contribution in [0.25, 0.3) is 0 Å². The van der Waals surface area contributed by atoms with Gasteiger partial charge in [-0.3, -0.25) is 8.69 Å². The van der Waals surface area contributed by atoms with Gasteiger partial charge in [0, 0.05) is 12.4 Å². The first-order chi connectivity index (χ1) is 9.42. The predicted octanol–water partition coefficient (Wildman–Crippen LogP) is 3.22. The van der Waals surface area contributed by atoms with Gasteiger partial charge in [-0.05, 0) is 25.2 Å². The first-order valence-electron chi connectivity index (χ1n) is 5.69. The Bertz CT molecular complexity index is 584. The van der Waals surface area contributed by atoms with Crippen LogP contribution in [0.15, 0.2) is 24.5 Å². The standard InChI is InChI=1S/C10H10F6N4Si/c1-21(2,19-5-3-7(17-19)9(11,12)13)20-6-4-8(18-20)10(14,15)16/h3-6H,1-2H3. The zero-order chi connectivity index (χ0) is 16.1. The summed E-state index contributed by atoms with van der Waals surface area (Å²) in [5.74, 6) is 0. The van der Waals surface area contributed by atoms with Crippen LogP contribution in [0.1, 0.15) is 11.4 Å². The van der Waals surface area contributed by atoms with Gasteiger partial charge in [0.05, 0.1) is 0 Å². The molecule has 2 rings (SSSR count). The Morgan fingerprint density at radius 1 is 0.810 bits per heavy atom. The van der Waals surface area contributed by atoms with E-state index in [1.54, 1.807) is 0 Å². The van der Waals surface area contributed by atoms with Gasteiger partial charge in [-0.2, -0.15) is 36.5 Å². The van der Waals surface area contributed by atoms with Gasteiger partial charge in [0.1, 0.15) is 0 Å². The van der Waals surface area contributed by atoms with E-state index in [2.05, 4.69) is 10.2 Å². The Morgan fingerprint density at radius 2 is 1.14 bits per heavy atom. The third-order valence-electron chi connectivity index (χ3n) is 2.88. The van der Waals surface area contributed by atoms with Gasteiger partial charge < -0.3 is 0 Å². The molecule has 116 valence electrons. The molecule has 0 fully saturated rings. The molecule has 0 radical (unpaired) electrons. The van der Waals surface area contributed by atoms with Crippen molar-refractivity contribution < 1.29 is 26.3 Å². The summed E-state index contributed by atoms with van der Waals surface area (Å²) in [5.41, 5.74) is -2.18. The lowest BCUT2D eigenvalue weighted by atomic mass is 10.4. The van der Waals surface area contributed by atoms with E-state index < -0.39 is 32.1 Å². The molecule has 0 atom stereocenters. The highest BCUT2D eigenvalue weighted by Gasteiger charge is 2.39. The van der Waals surface area contributed by atoms with Crippen LogP contribution >= 0.6 is 0 Å². The van der Waals surface area contributed by atoms with Gasteiger partial charge in [-0.1, -0.05) is 0 Å². The van der Waals surface area contributed by atoms with Gasteiger partial charge in [0.15, 0.2) is 11.4 Å². The molecule has 0 spiro atoms. The van der Waals surface area contributed by atoms with Gasteiger partial charge in [-0.15, -0.1) is 0 Å². The molecule has 0 aliphatic carbocycles. The molecule has 0 unspecified atom stereocenters. The molecule has 2 aromatic heterocycles. The van der Waals surface area contributed by atoms with Crippen LogP contribution in [0.3, 0.4) is 0 Å². The van der Waals surface area contributed by atoms with Crippen molar-refractivity contribution in [1.82, 2.24) is 18.9 Å². The quantitative estimate of drug-likeness (QED) is 0.627. The number of hydrogen-bond acceptors (Lipinski definition) is 2. The summed E-state index contributed by atoms with van der Waals surface area (Å²) in [7, 11) is -2.96. The van der Waals surface area contributed by atoms with Crippen LogP contribution in [0.4, 0.5) is 26.3 Å². The Kier molecular flexibility index (Phi) is 3.43. The molecular weight excluding hydrogens is 318 g/mol. The first kappa shape index (κ1) is 15.6. The molecule has 0 N–H and O–H groups in total. The number of nitrogens with zero attached hydrogens (tertiary/aromatic N) is 4. The SMILES string of the molecule is C[Si](C)(n1ccc(C(F)(F)F)n1)n1ccc(C(F)(F)F)n1. The van der Waals surface area contributed by atoms with E-state index in [1.807, 2.05) is 0 Å². The number of hydrogen-bond donors (Lipinski definition) is 0. The van der Waals surface area contributed by atoms with E-state index in [1.165, 1.54) is 13.1 Å². The molecule has 0 aliphatic heterocycles. The third kappa shape index (κ3) is 2.96. The van der Waals surface area contributed by atoms with Crippen molar-refractivity contribution >= 4 is 8.40 Å². The van der Waals surface area contributed by atoms with Crippen molar-refractivity contribution in [2.75, 3.05) is 0 Å². The molecule has 2 heterocycles. The van der Waals surface area contributed by atoms with Crippen molar-refractivity contribution in [3.05, 3.63) is 35.9 Å². The van der Waals surface area contributed by atoms with Crippen LogP contribution in [0, 0.1) is 0 Å². The zero-order valence-corrected chi connectivity index (χ0v) is 11.9. The van der Waals surface area contributed by atoms with Gasteiger partial charge in [-0.25, -0.2) is 0 Å². The Hall–Kier alpha value is -1.78. The normalized spacial score (nSPS) is 13.7. The van der Waals surface area contributed by atoms with E-state index >= 15 is 0 Å².